The van der Waals surface area contributed by atoms with Gasteiger partial charge in [0, 0.05) is 5.92 Å². The lowest BCUT2D eigenvalue weighted by atomic mass is 10.0. The maximum atomic E-state index is 15.3. The summed E-state index contributed by atoms with van der Waals surface area (Å²) in [5, 5.41) is 22.2. The van der Waals surface area contributed by atoms with E-state index in [4.69, 9.17) is 14.8 Å². The van der Waals surface area contributed by atoms with Gasteiger partial charge in [0.15, 0.2) is 17.6 Å². The molecule has 2 heterocycles. The first-order valence-electron chi connectivity index (χ1n) is 10.5. The molecule has 4 rings (SSSR count). The maximum absolute atomic E-state index is 15.3. The Labute approximate surface area is 199 Å². The first kappa shape index (κ1) is 24.7. The van der Waals surface area contributed by atoms with Crippen molar-refractivity contribution in [2.45, 2.75) is 31.3 Å². The fraction of sp³-hybridized carbons (Fsp3) is 0.333. The van der Waals surface area contributed by atoms with Crippen LogP contribution in [0.4, 0.5) is 10.2 Å². The van der Waals surface area contributed by atoms with E-state index in [1.807, 2.05) is 0 Å². The lowest BCUT2D eigenvalue weighted by Gasteiger charge is -2.24. The SMILES string of the molecule is C=C1[C@@H](n2cnc3c(N)ncnc32)[C@@H](F)[C@H](O)[C@H]1CO[P@@](=O)(N[C@@H](C)C(=O)O)Oc1ccccc1. The zero-order valence-electron chi connectivity index (χ0n) is 18.6. The van der Waals surface area contributed by atoms with E-state index in [1.165, 1.54) is 36.3 Å². The molecule has 2 aromatic heterocycles. The number of nitrogens with zero attached hydrogens (tertiary/aromatic N) is 4. The highest BCUT2D eigenvalue weighted by Gasteiger charge is 2.48. The molecule has 0 radical (unpaired) electrons. The Morgan fingerprint density at radius 1 is 1.34 bits per heavy atom. The number of nitrogen functional groups attached to an aromatic ring is 1. The molecule has 14 heteroatoms. The number of aliphatic carboxylic acids is 1. The zero-order valence-corrected chi connectivity index (χ0v) is 19.5. The smallest absolute Gasteiger partial charge is 0.459 e. The van der Waals surface area contributed by atoms with Gasteiger partial charge in [0.1, 0.15) is 23.6 Å². The van der Waals surface area contributed by atoms with Crippen LogP contribution in [0.3, 0.4) is 0 Å². The number of imidazole rings is 1. The molecule has 35 heavy (non-hydrogen) atoms. The van der Waals surface area contributed by atoms with E-state index in [0.29, 0.717) is 0 Å². The minimum atomic E-state index is -4.26. The number of hydrogen-bond donors (Lipinski definition) is 4. The molecular formula is C21H24FN6O6P. The Balaban J connectivity index is 1.56. The molecule has 0 aliphatic heterocycles. The maximum Gasteiger partial charge on any atom is 0.459 e. The van der Waals surface area contributed by atoms with Gasteiger partial charge >= 0.3 is 13.7 Å². The van der Waals surface area contributed by atoms with Crippen LogP contribution < -0.4 is 15.3 Å². The highest BCUT2D eigenvalue weighted by atomic mass is 31.2. The van der Waals surface area contributed by atoms with Crippen LogP contribution in [0.1, 0.15) is 13.0 Å². The van der Waals surface area contributed by atoms with Gasteiger partial charge in [-0.05, 0) is 24.6 Å². The summed E-state index contributed by atoms with van der Waals surface area (Å²) in [7, 11) is -4.26. The van der Waals surface area contributed by atoms with Crippen LogP contribution in [0.2, 0.25) is 0 Å². The molecule has 1 fully saturated rings. The fourth-order valence-electron chi connectivity index (χ4n) is 3.84. The van der Waals surface area contributed by atoms with Gasteiger partial charge in [0.05, 0.1) is 25.1 Å². The molecule has 186 valence electrons. The number of para-hydroxylation sites is 1. The van der Waals surface area contributed by atoms with Gasteiger partial charge in [-0.3, -0.25) is 9.32 Å². The average Bonchev–Trinajstić information content (AvgIpc) is 3.32. The second-order valence-electron chi connectivity index (χ2n) is 8.03. The molecule has 0 bridgehead atoms. The minimum absolute atomic E-state index is 0.117. The van der Waals surface area contributed by atoms with Crippen molar-refractivity contribution >= 4 is 30.7 Å². The predicted octanol–water partition coefficient (Wildman–Crippen LogP) is 2.10. The summed E-state index contributed by atoms with van der Waals surface area (Å²) in [4.78, 5) is 23.4. The highest BCUT2D eigenvalue weighted by Crippen LogP contribution is 2.48. The Hall–Kier alpha value is -3.38. The summed E-state index contributed by atoms with van der Waals surface area (Å²) in [6, 6.07) is 5.66. The average molecular weight is 506 g/mol. The van der Waals surface area contributed by atoms with Gasteiger partial charge in [-0.15, -0.1) is 0 Å². The van der Waals surface area contributed by atoms with E-state index in [-0.39, 0.29) is 28.3 Å². The van der Waals surface area contributed by atoms with E-state index >= 15 is 4.39 Å². The molecule has 0 amide bonds. The standard InChI is InChI=1S/C21H24FN6O6P/c1-11-14(8-33-35(32,27-12(2)21(30)31)34-13-6-4-3-5-7-13)18(29)15(22)17(11)28-10-26-16-19(23)24-9-25-20(16)28/h3-7,9-10,12,14-15,17-18,29H,1,8H2,2H3,(H,27,32)(H,30,31)(H2,23,24,25)/t12-,14-,15+,17+,18+,35-/m0/s1. The number of nitrogens with two attached hydrogens (primary N) is 1. The second-order valence-corrected chi connectivity index (χ2v) is 9.72. The summed E-state index contributed by atoms with van der Waals surface area (Å²) in [6.45, 7) is 4.73. The first-order valence-corrected chi connectivity index (χ1v) is 12.1. The molecule has 1 aliphatic rings. The van der Waals surface area contributed by atoms with Gasteiger partial charge in [0.2, 0.25) is 0 Å². The number of aliphatic hydroxyl groups excluding tert-OH is 1. The third kappa shape index (κ3) is 4.89. The molecule has 1 aromatic carbocycles. The van der Waals surface area contributed by atoms with Gasteiger partial charge in [-0.1, -0.05) is 24.8 Å². The molecule has 5 N–H and O–H groups in total. The number of anilines is 1. The minimum Gasteiger partial charge on any atom is -0.480 e. The van der Waals surface area contributed by atoms with Crippen LogP contribution in [-0.2, 0) is 13.9 Å². The van der Waals surface area contributed by atoms with Gasteiger partial charge < -0.3 is 25.0 Å². The lowest BCUT2D eigenvalue weighted by Crippen LogP contribution is -2.34. The number of nitrogens with one attached hydrogen (secondary N) is 1. The van der Waals surface area contributed by atoms with Crippen molar-refractivity contribution in [3.8, 4) is 5.75 Å². The van der Waals surface area contributed by atoms with Crippen molar-refractivity contribution in [3.63, 3.8) is 0 Å². The molecule has 12 nitrogen and oxygen atoms in total. The molecule has 1 saturated carbocycles. The van der Waals surface area contributed by atoms with Crippen LogP contribution in [0.15, 0.2) is 55.1 Å². The number of carboxylic acids is 1. The largest absolute Gasteiger partial charge is 0.480 e. The quantitative estimate of drug-likeness (QED) is 0.247. The van der Waals surface area contributed by atoms with Crippen LogP contribution in [0.5, 0.6) is 5.75 Å². The molecule has 6 atom stereocenters. The Bertz CT molecular complexity index is 1290. The summed E-state index contributed by atoms with van der Waals surface area (Å²) in [5.74, 6) is -2.00. The molecule has 1 aliphatic carbocycles. The van der Waals surface area contributed by atoms with Crippen molar-refractivity contribution < 1.29 is 33.0 Å². The predicted molar refractivity (Wildman–Crippen MR) is 123 cm³/mol. The van der Waals surface area contributed by atoms with Crippen LogP contribution >= 0.6 is 7.75 Å². The third-order valence-corrected chi connectivity index (χ3v) is 7.34. The number of carbonyl (C=O) groups is 1. The lowest BCUT2D eigenvalue weighted by molar-refractivity contribution is -0.138. The Morgan fingerprint density at radius 3 is 2.74 bits per heavy atom. The van der Waals surface area contributed by atoms with E-state index in [1.54, 1.807) is 18.2 Å². The fourth-order valence-corrected chi connectivity index (χ4v) is 5.36. The van der Waals surface area contributed by atoms with E-state index in [2.05, 4.69) is 26.6 Å². The summed E-state index contributed by atoms with van der Waals surface area (Å²) < 4.78 is 41.0. The number of hydrogen-bond acceptors (Lipinski definition) is 9. The van der Waals surface area contributed by atoms with Crippen molar-refractivity contribution in [2.75, 3.05) is 12.3 Å². The molecule has 0 saturated heterocycles. The number of carboxylic acid groups (broad SMARTS) is 1. The van der Waals surface area contributed by atoms with E-state index in [9.17, 15) is 19.6 Å². The van der Waals surface area contributed by atoms with Crippen LogP contribution in [0.25, 0.3) is 11.2 Å². The van der Waals surface area contributed by atoms with Crippen molar-refractivity contribution in [1.29, 1.82) is 0 Å². The Kier molecular flexibility index (Phi) is 6.86. The zero-order chi connectivity index (χ0) is 25.3. The Morgan fingerprint density at radius 2 is 2.06 bits per heavy atom. The van der Waals surface area contributed by atoms with Crippen LogP contribution in [-0.4, -0.2) is 60.6 Å². The van der Waals surface area contributed by atoms with Crippen molar-refractivity contribution in [2.24, 2.45) is 5.92 Å². The van der Waals surface area contributed by atoms with Crippen LogP contribution in [0, 0.1) is 5.92 Å². The molecule has 0 unspecified atom stereocenters. The monoisotopic (exact) mass is 506 g/mol. The number of aromatic nitrogens is 4. The number of rotatable bonds is 9. The van der Waals surface area contributed by atoms with E-state index in [0.717, 1.165) is 0 Å². The summed E-state index contributed by atoms with van der Waals surface area (Å²) in [6.07, 6.45) is -0.839. The second kappa shape index (κ2) is 9.70. The van der Waals surface area contributed by atoms with Gasteiger partial charge in [0.25, 0.3) is 0 Å². The topological polar surface area (TPSA) is 175 Å². The highest BCUT2D eigenvalue weighted by molar-refractivity contribution is 7.52. The number of benzene rings is 1. The molecular weight excluding hydrogens is 482 g/mol. The van der Waals surface area contributed by atoms with Gasteiger partial charge in [-0.25, -0.2) is 23.9 Å². The number of fused-ring (bicyclic) bond motifs is 1. The summed E-state index contributed by atoms with van der Waals surface area (Å²) >= 11 is 0. The number of alkyl halides is 1. The van der Waals surface area contributed by atoms with Gasteiger partial charge in [-0.2, -0.15) is 5.09 Å². The summed E-state index contributed by atoms with van der Waals surface area (Å²) in [5.41, 5.74) is 6.57. The molecule has 3 aromatic rings. The molecule has 0 spiro atoms. The number of aliphatic hydroxyl groups is 1. The number of halogens is 1. The third-order valence-electron chi connectivity index (χ3n) is 5.70. The van der Waals surface area contributed by atoms with Crippen molar-refractivity contribution in [3.05, 3.63) is 55.1 Å². The normalized spacial score (nSPS) is 24.8. The first-order chi connectivity index (χ1) is 16.6. The van der Waals surface area contributed by atoms with E-state index < -0.39 is 50.6 Å². The van der Waals surface area contributed by atoms with Crippen molar-refractivity contribution in [1.82, 2.24) is 24.6 Å².